The molecule has 16 N–H and O–H groups in total. The van der Waals surface area contributed by atoms with E-state index in [0.29, 0.717) is 36.0 Å². The van der Waals surface area contributed by atoms with Gasteiger partial charge in [0.05, 0.1) is 12.5 Å². The number of carbonyl (C=O) groups is 16. The van der Waals surface area contributed by atoms with Crippen LogP contribution in [0.2, 0.25) is 0 Å². The van der Waals surface area contributed by atoms with Crippen LogP contribution < -0.4 is 70.0 Å². The quantitative estimate of drug-likeness (QED) is 0.0387. The second-order valence-corrected chi connectivity index (χ2v) is 34.4. The highest BCUT2D eigenvalue weighted by atomic mass is 32.2. The number of hydrogen-bond acceptors (Lipinski definition) is 18. The average Bonchev–Trinajstić information content (AvgIpc) is 1.67. The maximum atomic E-state index is 15.2. The fourth-order valence-corrected chi connectivity index (χ4v) is 14.7. The second kappa shape index (κ2) is 47.9. The van der Waals surface area contributed by atoms with Gasteiger partial charge < -0.3 is 84.9 Å². The van der Waals surface area contributed by atoms with Crippen molar-refractivity contribution >= 4 is 106 Å². The van der Waals surface area contributed by atoms with Gasteiger partial charge in [-0.3, -0.25) is 71.9 Å². The van der Waals surface area contributed by atoms with E-state index in [0.717, 1.165) is 11.8 Å². The lowest BCUT2D eigenvalue weighted by molar-refractivity contribution is -0.146. The van der Waals surface area contributed by atoms with Crippen molar-refractivity contribution in [2.24, 2.45) is 52.9 Å². The standard InChI is InChI=1S/C85H127N15O17S/c1-16-52(14)71(85(116)117)98-79(110)66-35-27-37-100(66)84(115)64(40-48(6)7)94-81(112)68(49(8)9)95-77(108)62(44-67(87)102)92-80(111)69(50(10)11)97-82(113)70(51(12)13)96-78(109)65-34-26-36-99(65)83(114)63(39-47(4)5)93-76(107)61(43-56-32-24-19-25-33-56)91-75(106)60(42-55-30-22-18-23-31-55)90-74(105)59(41-54-28-20-17-21-29-54)89-73(104)58(38-46(2)3)88-72(103)57(86)45-118-53(15)101/h17-25,28-33,46-52,57-66,68-71H,16,26-27,34-45,86H2,1-15H3,(H2,87,102)(H,88,103)(H,89,104)(H,90,105)(H,91,106)(H,92,111)(H,93,107)(H,94,112)(H,95,108)(H,96,109)(H,97,113)(H,98,110)(H,116,117)/t52-,57-,58-,59-,60-,61-,62-,63-,64-,65-,66-,68-,69-,70-,71-/m0/s1. The molecule has 2 saturated heterocycles. The molecule has 2 aliphatic heterocycles. The molecule has 650 valence electrons. The SMILES string of the molecule is CC[C@H](C)[C@H](NC(=O)[C@@H]1CCCN1C(=O)[C@H](CC(C)C)NC(=O)[C@@H](NC(=O)[C@H](CC(N)=O)NC(=O)[C@@H](NC(=O)[C@@H](NC(=O)[C@@H]1CCCN1C(=O)[C@H](CC(C)C)NC(=O)[C@H](Cc1ccccc1)NC(=O)[C@H](Cc1ccccc1)NC(=O)[C@H](Cc1ccccc1)NC(=O)[C@H](CC(C)C)NC(=O)[C@@H](N)CSC(C)=O)C(C)C)C(C)C)C(C)C)C(=O)O. The molecule has 3 aromatic rings. The van der Waals surface area contributed by atoms with Crippen molar-refractivity contribution in [3.63, 3.8) is 0 Å². The molecule has 3 aromatic carbocycles. The van der Waals surface area contributed by atoms with Gasteiger partial charge in [-0.05, 0) is 103 Å². The highest BCUT2D eigenvalue weighted by Crippen LogP contribution is 2.25. The van der Waals surface area contributed by atoms with Crippen LogP contribution in [0.4, 0.5) is 0 Å². The minimum atomic E-state index is -1.72. The summed E-state index contributed by atoms with van der Waals surface area (Å²) in [5.74, 6) is -15.2. The Hall–Kier alpha value is -10.3. The molecule has 0 bridgehead atoms. The number of nitrogens with zero attached hydrogens (tertiary/aromatic N) is 2. The molecule has 33 heteroatoms. The molecule has 0 unspecified atom stereocenters. The van der Waals surface area contributed by atoms with E-state index in [9.17, 15) is 67.4 Å². The van der Waals surface area contributed by atoms with Crippen molar-refractivity contribution in [2.45, 2.75) is 265 Å². The largest absolute Gasteiger partial charge is 0.480 e. The van der Waals surface area contributed by atoms with Gasteiger partial charge in [0, 0.05) is 45.0 Å². The monoisotopic (exact) mass is 1660 g/mol. The van der Waals surface area contributed by atoms with Crippen molar-refractivity contribution in [3.05, 3.63) is 108 Å². The Bertz CT molecular complexity index is 3930. The van der Waals surface area contributed by atoms with Crippen LogP contribution in [0.25, 0.3) is 0 Å². The lowest BCUT2D eigenvalue weighted by atomic mass is 9.97. The van der Waals surface area contributed by atoms with Gasteiger partial charge in [0.25, 0.3) is 0 Å². The number of nitrogens with one attached hydrogen (secondary N) is 11. The van der Waals surface area contributed by atoms with Gasteiger partial charge >= 0.3 is 5.97 Å². The van der Waals surface area contributed by atoms with Crippen LogP contribution in [0.15, 0.2) is 91.0 Å². The van der Waals surface area contributed by atoms with Crippen molar-refractivity contribution in [2.75, 3.05) is 18.8 Å². The first-order chi connectivity index (χ1) is 55.6. The number of carboxylic acids is 1. The van der Waals surface area contributed by atoms with E-state index in [4.69, 9.17) is 11.5 Å². The molecule has 0 saturated carbocycles. The number of likely N-dealkylation sites (tertiary alicyclic amines) is 2. The van der Waals surface area contributed by atoms with E-state index in [1.807, 2.05) is 41.5 Å². The first kappa shape index (κ1) is 98.3. The third kappa shape index (κ3) is 31.2. The summed E-state index contributed by atoms with van der Waals surface area (Å²) < 4.78 is 0. The molecule has 15 atom stereocenters. The Morgan fingerprint density at radius 3 is 1.06 bits per heavy atom. The van der Waals surface area contributed by atoms with Crippen molar-refractivity contribution in [3.8, 4) is 0 Å². The van der Waals surface area contributed by atoms with E-state index in [1.54, 1.807) is 146 Å². The fourth-order valence-electron chi connectivity index (χ4n) is 14.1. The number of hydrogen-bond donors (Lipinski definition) is 14. The van der Waals surface area contributed by atoms with Crippen LogP contribution >= 0.6 is 11.8 Å². The molecule has 0 aliphatic carbocycles. The fraction of sp³-hybridized carbons (Fsp3) is 0.600. The molecule has 14 amide bonds. The molecule has 5 rings (SSSR count). The first-order valence-electron chi connectivity index (χ1n) is 41.1. The minimum Gasteiger partial charge on any atom is -0.480 e. The summed E-state index contributed by atoms with van der Waals surface area (Å²) in [5, 5.41) is 39.8. The summed E-state index contributed by atoms with van der Waals surface area (Å²) in [7, 11) is 0. The summed E-state index contributed by atoms with van der Waals surface area (Å²) in [5.41, 5.74) is 13.6. The Labute approximate surface area is 697 Å². The lowest BCUT2D eigenvalue weighted by Crippen LogP contribution is -2.62. The predicted octanol–water partition coefficient (Wildman–Crippen LogP) is 2.75. The van der Waals surface area contributed by atoms with Crippen molar-refractivity contribution in [1.29, 1.82) is 0 Å². The number of benzene rings is 3. The van der Waals surface area contributed by atoms with Crippen LogP contribution in [0.1, 0.15) is 178 Å². The van der Waals surface area contributed by atoms with Gasteiger partial charge in [-0.1, -0.05) is 206 Å². The van der Waals surface area contributed by atoms with Gasteiger partial charge in [0.1, 0.15) is 78.5 Å². The predicted molar refractivity (Wildman–Crippen MR) is 446 cm³/mol. The molecule has 2 heterocycles. The zero-order valence-electron chi connectivity index (χ0n) is 70.8. The van der Waals surface area contributed by atoms with Gasteiger partial charge in [-0.15, -0.1) is 0 Å². The van der Waals surface area contributed by atoms with Crippen LogP contribution in [0.3, 0.4) is 0 Å². The lowest BCUT2D eigenvalue weighted by Gasteiger charge is -2.33. The van der Waals surface area contributed by atoms with Crippen molar-refractivity contribution < 1.29 is 81.8 Å². The summed E-state index contributed by atoms with van der Waals surface area (Å²) >= 11 is 0.860. The molecule has 2 fully saturated rings. The Kier molecular flexibility index (Phi) is 39.9. The van der Waals surface area contributed by atoms with Crippen LogP contribution in [-0.2, 0) is 96.0 Å². The maximum absolute atomic E-state index is 15.2. The zero-order chi connectivity index (χ0) is 87.9. The normalized spacial score (nSPS) is 17.4. The number of primary amides is 1. The molecule has 32 nitrogen and oxygen atoms in total. The molecule has 2 aliphatic rings. The first-order valence-corrected chi connectivity index (χ1v) is 42.1. The highest BCUT2D eigenvalue weighted by Gasteiger charge is 2.45. The van der Waals surface area contributed by atoms with Crippen LogP contribution in [0, 0.1) is 41.4 Å². The van der Waals surface area contributed by atoms with E-state index < -0.39 is 203 Å². The summed E-state index contributed by atoms with van der Waals surface area (Å²) in [6.45, 7) is 25.7. The molecular formula is C85H127N15O17S. The van der Waals surface area contributed by atoms with Gasteiger partial charge in [0.2, 0.25) is 82.7 Å². The Balaban J connectivity index is 1.35. The summed E-state index contributed by atoms with van der Waals surface area (Å²) in [4.78, 5) is 228. The zero-order valence-corrected chi connectivity index (χ0v) is 71.6. The van der Waals surface area contributed by atoms with Crippen LogP contribution in [-0.4, -0.2) is 212 Å². The van der Waals surface area contributed by atoms with Gasteiger partial charge in [-0.2, -0.15) is 0 Å². The molecule has 0 spiro atoms. The van der Waals surface area contributed by atoms with E-state index >= 15 is 14.4 Å². The second-order valence-electron chi connectivity index (χ2n) is 33.2. The minimum absolute atomic E-state index is 0.0383. The molecule has 0 radical (unpaired) electrons. The number of aliphatic carboxylic acids is 1. The van der Waals surface area contributed by atoms with Crippen LogP contribution in [0.5, 0.6) is 0 Å². The summed E-state index contributed by atoms with van der Waals surface area (Å²) in [6.07, 6.45) is 0.890. The third-order valence-corrected chi connectivity index (χ3v) is 21.7. The number of rotatable bonds is 46. The summed E-state index contributed by atoms with van der Waals surface area (Å²) in [6, 6.07) is 8.12. The van der Waals surface area contributed by atoms with E-state index in [-0.39, 0.29) is 93.1 Å². The Morgan fingerprint density at radius 1 is 0.407 bits per heavy atom. The highest BCUT2D eigenvalue weighted by molar-refractivity contribution is 8.13. The molecule has 0 aromatic heterocycles. The van der Waals surface area contributed by atoms with E-state index in [2.05, 4.69) is 58.5 Å². The number of carboxylic acid groups (broad SMARTS) is 1. The molecule has 118 heavy (non-hydrogen) atoms. The molecular weight excluding hydrogens is 1540 g/mol. The van der Waals surface area contributed by atoms with Gasteiger partial charge in [-0.25, -0.2) is 4.79 Å². The number of thioether (sulfide) groups is 1. The van der Waals surface area contributed by atoms with Gasteiger partial charge in [0.15, 0.2) is 5.12 Å². The maximum Gasteiger partial charge on any atom is 0.326 e. The topological polar surface area (TPSA) is 484 Å². The number of nitrogens with two attached hydrogens (primary N) is 2. The van der Waals surface area contributed by atoms with E-state index in [1.165, 1.54) is 16.7 Å². The smallest absolute Gasteiger partial charge is 0.326 e. The number of amides is 14. The average molecular weight is 1660 g/mol. The van der Waals surface area contributed by atoms with Crippen molar-refractivity contribution in [1.82, 2.24) is 68.3 Å². The number of carbonyl (C=O) groups excluding carboxylic acids is 15. The Morgan fingerprint density at radius 2 is 0.712 bits per heavy atom. The third-order valence-electron chi connectivity index (χ3n) is 20.8.